The number of nitrogens with one attached hydrogen (secondary N) is 1. The van der Waals surface area contributed by atoms with E-state index in [0.29, 0.717) is 35.3 Å². The Morgan fingerprint density at radius 1 is 1.30 bits per heavy atom. The second kappa shape index (κ2) is 7.98. The molecule has 0 radical (unpaired) electrons. The highest BCUT2D eigenvalue weighted by Gasteiger charge is 2.29. The van der Waals surface area contributed by atoms with Crippen LogP contribution in [0.2, 0.25) is 0 Å². The van der Waals surface area contributed by atoms with Crippen LogP contribution in [0.4, 0.5) is 4.39 Å². The molecule has 11 heteroatoms. The third kappa shape index (κ3) is 4.25. The Morgan fingerprint density at radius 3 is 2.73 bits per heavy atom. The summed E-state index contributed by atoms with van der Waals surface area (Å²) in [5.74, 6) is -0.294. The van der Waals surface area contributed by atoms with Gasteiger partial charge in [0.2, 0.25) is 5.88 Å². The molecule has 3 aromatic rings. The van der Waals surface area contributed by atoms with E-state index in [4.69, 9.17) is 9.26 Å². The molecule has 1 aliphatic heterocycles. The van der Waals surface area contributed by atoms with E-state index in [0.717, 1.165) is 0 Å². The Kier molecular flexibility index (Phi) is 5.37. The summed E-state index contributed by atoms with van der Waals surface area (Å²) in [5.41, 5.74) is 1.14. The SMILES string of the molecule is CCc1nc(OCC(=O)N[C@@H]2CCS(=O)(=O)C2)c2c(-c3ccc(F)cc3)noc2n1. The average Bonchev–Trinajstić information content (AvgIpc) is 3.29. The maximum Gasteiger partial charge on any atom is 0.265 e. The third-order valence-electron chi connectivity index (χ3n) is 4.72. The van der Waals surface area contributed by atoms with E-state index < -0.39 is 27.6 Å². The second-order valence-corrected chi connectivity index (χ2v) is 9.20. The van der Waals surface area contributed by atoms with Crippen molar-refractivity contribution in [2.24, 2.45) is 0 Å². The van der Waals surface area contributed by atoms with E-state index in [1.807, 2.05) is 6.92 Å². The third-order valence-corrected chi connectivity index (χ3v) is 6.49. The van der Waals surface area contributed by atoms with Crippen LogP contribution in [0, 0.1) is 5.82 Å². The standard InChI is InChI=1S/C19H19FN4O5S/c1-2-14-22-18(28-9-15(25)21-13-7-8-30(26,27)10-13)16-17(24-29-19(16)23-14)11-3-5-12(20)6-4-11/h3-6,13H,2,7-10H2,1H3,(H,21,25)/t13-/m1/s1. The van der Waals surface area contributed by atoms with Crippen molar-refractivity contribution >= 4 is 26.8 Å². The average molecular weight is 434 g/mol. The van der Waals surface area contributed by atoms with E-state index >= 15 is 0 Å². The van der Waals surface area contributed by atoms with Crippen molar-refractivity contribution in [2.75, 3.05) is 18.1 Å². The van der Waals surface area contributed by atoms with Gasteiger partial charge in [0.1, 0.15) is 22.7 Å². The highest BCUT2D eigenvalue weighted by Crippen LogP contribution is 2.33. The minimum Gasteiger partial charge on any atom is -0.467 e. The van der Waals surface area contributed by atoms with Crippen LogP contribution in [0.5, 0.6) is 5.88 Å². The molecular weight excluding hydrogens is 415 g/mol. The number of hydrogen-bond acceptors (Lipinski definition) is 8. The van der Waals surface area contributed by atoms with Crippen molar-refractivity contribution in [2.45, 2.75) is 25.8 Å². The molecule has 0 aliphatic carbocycles. The van der Waals surface area contributed by atoms with Gasteiger partial charge in [0.05, 0.1) is 11.5 Å². The molecule has 0 spiro atoms. The van der Waals surface area contributed by atoms with Crippen molar-refractivity contribution in [1.29, 1.82) is 0 Å². The van der Waals surface area contributed by atoms with Crippen LogP contribution in [-0.2, 0) is 21.1 Å². The first kappa shape index (κ1) is 20.2. The molecule has 1 saturated heterocycles. The van der Waals surface area contributed by atoms with Crippen molar-refractivity contribution in [3.8, 4) is 17.1 Å². The molecule has 3 heterocycles. The fraction of sp³-hybridized carbons (Fsp3) is 0.368. The normalized spacial score (nSPS) is 17.9. The lowest BCUT2D eigenvalue weighted by Gasteiger charge is -2.12. The Bertz CT molecular complexity index is 1190. The van der Waals surface area contributed by atoms with Gasteiger partial charge in [-0.25, -0.2) is 12.8 Å². The number of nitrogens with zero attached hydrogens (tertiary/aromatic N) is 3. The number of hydrogen-bond donors (Lipinski definition) is 1. The molecule has 0 unspecified atom stereocenters. The molecule has 1 amide bonds. The molecule has 1 N–H and O–H groups in total. The monoisotopic (exact) mass is 434 g/mol. The zero-order chi connectivity index (χ0) is 21.3. The van der Waals surface area contributed by atoms with Crippen molar-refractivity contribution in [3.63, 3.8) is 0 Å². The van der Waals surface area contributed by atoms with Gasteiger partial charge in [-0.3, -0.25) is 4.79 Å². The molecule has 0 bridgehead atoms. The molecular formula is C19H19FN4O5S. The summed E-state index contributed by atoms with van der Waals surface area (Å²) in [6.45, 7) is 1.50. The van der Waals surface area contributed by atoms with Crippen LogP contribution in [-0.4, -0.2) is 53.6 Å². The molecule has 1 atom stereocenters. The quantitative estimate of drug-likeness (QED) is 0.621. The summed E-state index contributed by atoms with van der Waals surface area (Å²) in [5, 5.41) is 7.04. The first-order valence-corrected chi connectivity index (χ1v) is 11.2. The highest BCUT2D eigenvalue weighted by molar-refractivity contribution is 7.91. The summed E-state index contributed by atoms with van der Waals surface area (Å²) in [6.07, 6.45) is 0.886. The first-order valence-electron chi connectivity index (χ1n) is 9.39. The number of carbonyl (C=O) groups excluding carboxylic acids is 1. The zero-order valence-electron chi connectivity index (χ0n) is 16.1. The maximum absolute atomic E-state index is 13.3. The Labute approximate surface area is 171 Å². The van der Waals surface area contributed by atoms with Gasteiger partial charge in [-0.15, -0.1) is 0 Å². The second-order valence-electron chi connectivity index (χ2n) is 6.97. The Hall–Kier alpha value is -3.08. The lowest BCUT2D eigenvalue weighted by Crippen LogP contribution is -2.38. The lowest BCUT2D eigenvalue weighted by molar-refractivity contribution is -0.123. The molecule has 1 aromatic carbocycles. The van der Waals surface area contributed by atoms with E-state index in [1.54, 1.807) is 0 Å². The summed E-state index contributed by atoms with van der Waals surface area (Å²) in [4.78, 5) is 20.9. The van der Waals surface area contributed by atoms with E-state index in [2.05, 4.69) is 20.4 Å². The maximum atomic E-state index is 13.3. The summed E-state index contributed by atoms with van der Waals surface area (Å²) < 4.78 is 47.3. The van der Waals surface area contributed by atoms with E-state index in [-0.39, 0.29) is 29.7 Å². The number of aryl methyl sites for hydroxylation is 1. The number of carbonyl (C=O) groups is 1. The van der Waals surface area contributed by atoms with Gasteiger partial charge in [-0.1, -0.05) is 12.1 Å². The van der Waals surface area contributed by atoms with Gasteiger partial charge >= 0.3 is 0 Å². The summed E-state index contributed by atoms with van der Waals surface area (Å²) in [6, 6.07) is 5.24. The lowest BCUT2D eigenvalue weighted by atomic mass is 10.1. The number of aromatic nitrogens is 3. The van der Waals surface area contributed by atoms with Gasteiger partial charge in [0.25, 0.3) is 11.6 Å². The van der Waals surface area contributed by atoms with Crippen LogP contribution in [0.3, 0.4) is 0 Å². The number of sulfone groups is 1. The van der Waals surface area contributed by atoms with Gasteiger partial charge in [-0.05, 0) is 30.7 Å². The van der Waals surface area contributed by atoms with Crippen LogP contribution in [0.1, 0.15) is 19.2 Å². The Balaban J connectivity index is 1.58. The fourth-order valence-electron chi connectivity index (χ4n) is 3.25. The Morgan fingerprint density at radius 2 is 2.07 bits per heavy atom. The first-order chi connectivity index (χ1) is 14.3. The van der Waals surface area contributed by atoms with Crippen molar-refractivity contribution < 1.29 is 26.9 Å². The van der Waals surface area contributed by atoms with Crippen LogP contribution in [0.15, 0.2) is 28.8 Å². The van der Waals surface area contributed by atoms with E-state index in [1.165, 1.54) is 24.3 Å². The minimum absolute atomic E-state index is 0.0624. The number of amides is 1. The molecule has 2 aromatic heterocycles. The molecule has 158 valence electrons. The van der Waals surface area contributed by atoms with Gasteiger partial charge in [-0.2, -0.15) is 9.97 Å². The van der Waals surface area contributed by atoms with E-state index in [9.17, 15) is 17.6 Å². The molecule has 1 aliphatic rings. The van der Waals surface area contributed by atoms with Crippen LogP contribution >= 0.6 is 0 Å². The number of rotatable bonds is 6. The van der Waals surface area contributed by atoms with Gasteiger partial charge in [0.15, 0.2) is 16.4 Å². The zero-order valence-corrected chi connectivity index (χ0v) is 16.9. The van der Waals surface area contributed by atoms with Crippen molar-refractivity contribution in [1.82, 2.24) is 20.4 Å². The van der Waals surface area contributed by atoms with Crippen molar-refractivity contribution in [3.05, 3.63) is 35.9 Å². The van der Waals surface area contributed by atoms with Gasteiger partial charge in [0, 0.05) is 18.0 Å². The predicted octanol–water partition coefficient (Wildman–Crippen LogP) is 1.67. The number of fused-ring (bicyclic) bond motifs is 1. The molecule has 30 heavy (non-hydrogen) atoms. The smallest absolute Gasteiger partial charge is 0.265 e. The fourth-order valence-corrected chi connectivity index (χ4v) is 4.92. The molecule has 4 rings (SSSR count). The number of benzene rings is 1. The highest BCUT2D eigenvalue weighted by atomic mass is 32.2. The van der Waals surface area contributed by atoms with Crippen LogP contribution < -0.4 is 10.1 Å². The molecule has 9 nitrogen and oxygen atoms in total. The number of halogens is 1. The summed E-state index contributed by atoms with van der Waals surface area (Å²) >= 11 is 0. The predicted molar refractivity (Wildman–Crippen MR) is 105 cm³/mol. The van der Waals surface area contributed by atoms with Gasteiger partial charge < -0.3 is 14.6 Å². The molecule has 0 saturated carbocycles. The number of ether oxygens (including phenoxy) is 1. The van der Waals surface area contributed by atoms with Crippen LogP contribution in [0.25, 0.3) is 22.4 Å². The minimum atomic E-state index is -3.10. The largest absolute Gasteiger partial charge is 0.467 e. The topological polar surface area (TPSA) is 124 Å². The molecule has 1 fully saturated rings. The summed E-state index contributed by atoms with van der Waals surface area (Å²) in [7, 11) is -3.10.